The van der Waals surface area contributed by atoms with Crippen LogP contribution in [0.4, 0.5) is 0 Å². The topological polar surface area (TPSA) is 93.1 Å². The zero-order valence-electron chi connectivity index (χ0n) is 11.0. The molecule has 21 heavy (non-hydrogen) atoms. The Labute approximate surface area is 124 Å². The van der Waals surface area contributed by atoms with Crippen LogP contribution in [0, 0.1) is 0 Å². The Morgan fingerprint density at radius 3 is 2.43 bits per heavy atom. The molecule has 7 nitrogen and oxygen atoms in total. The Bertz CT molecular complexity index is 757. The highest BCUT2D eigenvalue weighted by Crippen LogP contribution is 2.14. The highest BCUT2D eigenvalue weighted by Gasteiger charge is 2.12. The lowest BCUT2D eigenvalue weighted by Crippen LogP contribution is -2.42. The predicted molar refractivity (Wildman–Crippen MR) is 75.9 cm³/mol. The van der Waals surface area contributed by atoms with E-state index in [9.17, 15) is 14.4 Å². The molecule has 0 spiro atoms. The average Bonchev–Trinajstić information content (AvgIpc) is 2.47. The maximum Gasteiger partial charge on any atom is 0.290 e. The van der Waals surface area contributed by atoms with Gasteiger partial charge in [-0.2, -0.15) is 5.10 Å². The summed E-state index contributed by atoms with van der Waals surface area (Å²) in [5.41, 5.74) is 4.30. The first kappa shape index (κ1) is 14.7. The summed E-state index contributed by atoms with van der Waals surface area (Å²) < 4.78 is 1.02. The Morgan fingerprint density at radius 2 is 1.76 bits per heavy atom. The van der Waals surface area contributed by atoms with Crippen LogP contribution in [-0.2, 0) is 7.05 Å². The minimum atomic E-state index is -0.647. The summed E-state index contributed by atoms with van der Waals surface area (Å²) >= 11 is 5.87. The molecule has 2 aromatic rings. The number of hydrogen-bond donors (Lipinski definition) is 2. The molecule has 1 heterocycles. The van der Waals surface area contributed by atoms with Gasteiger partial charge in [0, 0.05) is 13.1 Å². The van der Waals surface area contributed by atoms with Gasteiger partial charge < -0.3 is 0 Å². The van der Waals surface area contributed by atoms with E-state index < -0.39 is 11.8 Å². The maximum atomic E-state index is 11.8. The van der Waals surface area contributed by atoms with Gasteiger partial charge in [0.2, 0.25) is 0 Å². The number of carbonyl (C=O) groups excluding carboxylic acids is 2. The molecular weight excluding hydrogens is 296 g/mol. The molecule has 0 saturated heterocycles. The Hall–Kier alpha value is -2.67. The van der Waals surface area contributed by atoms with Crippen LogP contribution < -0.4 is 16.4 Å². The second-order valence-electron chi connectivity index (χ2n) is 4.07. The van der Waals surface area contributed by atoms with Crippen molar-refractivity contribution >= 4 is 23.4 Å². The zero-order valence-corrected chi connectivity index (χ0v) is 11.7. The van der Waals surface area contributed by atoms with E-state index in [1.165, 1.54) is 25.2 Å². The third-order valence-electron chi connectivity index (χ3n) is 2.60. The van der Waals surface area contributed by atoms with Crippen molar-refractivity contribution in [3.8, 4) is 0 Å². The first-order valence-electron chi connectivity index (χ1n) is 5.88. The van der Waals surface area contributed by atoms with Crippen LogP contribution in [0.5, 0.6) is 0 Å². The first-order chi connectivity index (χ1) is 9.99. The van der Waals surface area contributed by atoms with E-state index in [1.54, 1.807) is 18.2 Å². The number of aromatic nitrogens is 2. The number of amides is 2. The molecule has 0 aliphatic carbocycles. The molecule has 0 unspecified atom stereocenters. The summed E-state index contributed by atoms with van der Waals surface area (Å²) in [6.07, 6.45) is 0. The van der Waals surface area contributed by atoms with Crippen molar-refractivity contribution in [1.82, 2.24) is 20.6 Å². The largest absolute Gasteiger partial charge is 0.290 e. The standard InChI is InChI=1S/C13H11ClN4O3/c1-18-11(19)7-6-10(17-18)13(21)16-15-12(20)8-4-2-3-5-9(8)14/h2-7H,1H3,(H,15,20)(H,16,21). The molecule has 0 radical (unpaired) electrons. The van der Waals surface area contributed by atoms with Gasteiger partial charge in [0.1, 0.15) is 0 Å². The van der Waals surface area contributed by atoms with Gasteiger partial charge in [-0.1, -0.05) is 23.7 Å². The van der Waals surface area contributed by atoms with Gasteiger partial charge in [0.15, 0.2) is 5.69 Å². The molecule has 0 bridgehead atoms. The highest BCUT2D eigenvalue weighted by molar-refractivity contribution is 6.33. The Kier molecular flexibility index (Phi) is 4.34. The molecule has 0 atom stereocenters. The highest BCUT2D eigenvalue weighted by atomic mass is 35.5. The van der Waals surface area contributed by atoms with Gasteiger partial charge in [-0.15, -0.1) is 0 Å². The molecule has 2 rings (SSSR count). The van der Waals surface area contributed by atoms with E-state index in [0.717, 1.165) is 4.68 Å². The number of hydrazine groups is 1. The lowest BCUT2D eigenvalue weighted by molar-refractivity contribution is 0.0842. The molecule has 0 saturated carbocycles. The summed E-state index contributed by atoms with van der Waals surface area (Å²) in [7, 11) is 1.42. The summed E-state index contributed by atoms with van der Waals surface area (Å²) in [4.78, 5) is 34.8. The third-order valence-corrected chi connectivity index (χ3v) is 2.93. The average molecular weight is 307 g/mol. The quantitative estimate of drug-likeness (QED) is 0.791. The molecule has 0 fully saturated rings. The molecule has 1 aromatic carbocycles. The van der Waals surface area contributed by atoms with Gasteiger partial charge in [-0.25, -0.2) is 4.68 Å². The van der Waals surface area contributed by atoms with Crippen molar-refractivity contribution in [1.29, 1.82) is 0 Å². The summed E-state index contributed by atoms with van der Waals surface area (Å²) in [5, 5.41) is 4.02. The van der Waals surface area contributed by atoms with Crippen LogP contribution in [-0.4, -0.2) is 21.6 Å². The molecule has 108 valence electrons. The Morgan fingerprint density at radius 1 is 1.10 bits per heavy atom. The van der Waals surface area contributed by atoms with Crippen molar-refractivity contribution in [3.05, 3.63) is 63.0 Å². The van der Waals surface area contributed by atoms with Crippen LogP contribution in [0.1, 0.15) is 20.8 Å². The first-order valence-corrected chi connectivity index (χ1v) is 6.26. The van der Waals surface area contributed by atoms with Crippen LogP contribution >= 0.6 is 11.6 Å². The van der Waals surface area contributed by atoms with Crippen LogP contribution in [0.25, 0.3) is 0 Å². The molecule has 2 N–H and O–H groups in total. The van der Waals surface area contributed by atoms with E-state index in [4.69, 9.17) is 11.6 Å². The van der Waals surface area contributed by atoms with Crippen LogP contribution in [0.3, 0.4) is 0 Å². The Balaban J connectivity index is 2.04. The van der Waals surface area contributed by atoms with Crippen molar-refractivity contribution < 1.29 is 9.59 Å². The number of nitrogens with zero attached hydrogens (tertiary/aromatic N) is 2. The van der Waals surface area contributed by atoms with E-state index in [1.807, 2.05) is 0 Å². The molecule has 1 aromatic heterocycles. The number of nitrogens with one attached hydrogen (secondary N) is 2. The minimum absolute atomic E-state index is 0.00319. The van der Waals surface area contributed by atoms with Gasteiger partial charge in [-0.05, 0) is 18.2 Å². The summed E-state index contributed by atoms with van der Waals surface area (Å²) in [6, 6.07) is 8.89. The molecule has 0 aliphatic rings. The van der Waals surface area contributed by atoms with Crippen molar-refractivity contribution in [3.63, 3.8) is 0 Å². The minimum Gasteiger partial charge on any atom is -0.268 e. The number of benzene rings is 1. The number of halogens is 1. The smallest absolute Gasteiger partial charge is 0.268 e. The number of aryl methyl sites for hydroxylation is 1. The zero-order chi connectivity index (χ0) is 15.4. The lowest BCUT2D eigenvalue weighted by atomic mass is 10.2. The van der Waals surface area contributed by atoms with E-state index in [0.29, 0.717) is 0 Å². The summed E-state index contributed by atoms with van der Waals surface area (Å²) in [6.45, 7) is 0. The number of carbonyl (C=O) groups is 2. The van der Waals surface area contributed by atoms with Gasteiger partial charge >= 0.3 is 0 Å². The summed E-state index contributed by atoms with van der Waals surface area (Å²) in [5.74, 6) is -1.20. The second-order valence-corrected chi connectivity index (χ2v) is 4.48. The fraction of sp³-hybridized carbons (Fsp3) is 0.0769. The second kappa shape index (κ2) is 6.19. The van der Waals surface area contributed by atoms with Crippen molar-refractivity contribution in [2.75, 3.05) is 0 Å². The third kappa shape index (κ3) is 3.46. The fourth-order valence-corrected chi connectivity index (χ4v) is 1.74. The monoisotopic (exact) mass is 306 g/mol. The normalized spacial score (nSPS) is 10.0. The van der Waals surface area contributed by atoms with E-state index >= 15 is 0 Å². The number of rotatable bonds is 2. The van der Waals surface area contributed by atoms with Crippen LogP contribution in [0.15, 0.2) is 41.2 Å². The van der Waals surface area contributed by atoms with E-state index in [-0.39, 0.29) is 21.8 Å². The van der Waals surface area contributed by atoms with Crippen LogP contribution in [0.2, 0.25) is 5.02 Å². The van der Waals surface area contributed by atoms with Crippen molar-refractivity contribution in [2.45, 2.75) is 0 Å². The molecule has 8 heteroatoms. The van der Waals surface area contributed by atoms with Crippen molar-refractivity contribution in [2.24, 2.45) is 7.05 Å². The fourth-order valence-electron chi connectivity index (χ4n) is 1.51. The number of hydrogen-bond acceptors (Lipinski definition) is 4. The SMILES string of the molecule is Cn1nc(C(=O)NNC(=O)c2ccccc2Cl)ccc1=O. The molecule has 0 aliphatic heterocycles. The molecular formula is C13H11ClN4O3. The maximum absolute atomic E-state index is 11.8. The van der Waals surface area contributed by atoms with Gasteiger partial charge in [0.25, 0.3) is 17.4 Å². The predicted octanol–water partition coefficient (Wildman–Crippen LogP) is 0.508. The lowest BCUT2D eigenvalue weighted by Gasteiger charge is -2.08. The van der Waals surface area contributed by atoms with Gasteiger partial charge in [0.05, 0.1) is 10.6 Å². The van der Waals surface area contributed by atoms with Gasteiger partial charge in [-0.3, -0.25) is 25.2 Å². The van der Waals surface area contributed by atoms with E-state index in [2.05, 4.69) is 16.0 Å². The molecule has 2 amide bonds.